The Kier molecular flexibility index (Phi) is 3.39. The lowest BCUT2D eigenvalue weighted by Crippen LogP contribution is -2.51. The minimum atomic E-state index is -0.535. The van der Waals surface area contributed by atoms with E-state index in [1.165, 1.54) is 0 Å². The van der Waals surface area contributed by atoms with Crippen molar-refractivity contribution < 1.29 is 9.53 Å². The third kappa shape index (κ3) is 2.06. The summed E-state index contributed by atoms with van der Waals surface area (Å²) >= 11 is 6.16. The molecule has 2 aliphatic heterocycles. The quantitative estimate of drug-likeness (QED) is 0.834. The predicted octanol–water partition coefficient (Wildman–Crippen LogP) is 3.82. The maximum absolute atomic E-state index is 12.3. The van der Waals surface area contributed by atoms with E-state index in [0.29, 0.717) is 17.3 Å². The van der Waals surface area contributed by atoms with Gasteiger partial charge in [-0.05, 0) is 30.7 Å². The van der Waals surface area contributed by atoms with E-state index in [2.05, 4.69) is 12.0 Å². The van der Waals surface area contributed by atoms with E-state index in [0.717, 1.165) is 17.0 Å². The molecule has 0 radical (unpaired) electrons. The fourth-order valence-corrected chi connectivity index (χ4v) is 3.82. The molecule has 1 unspecified atom stereocenters. The molecule has 0 saturated carbocycles. The zero-order chi connectivity index (χ0) is 16.9. The summed E-state index contributed by atoms with van der Waals surface area (Å²) in [5.74, 6) is 0.707. The van der Waals surface area contributed by atoms with Gasteiger partial charge in [0.2, 0.25) is 0 Å². The number of hydrogen-bond acceptors (Lipinski definition) is 4. The monoisotopic (exact) mass is 340 g/mol. The Morgan fingerprint density at radius 3 is 2.75 bits per heavy atom. The molecule has 0 saturated heterocycles. The topological polar surface area (TPSA) is 41.9 Å². The fraction of sp³-hybridized carbons (Fsp3) is 0.263. The highest BCUT2D eigenvalue weighted by Crippen LogP contribution is 2.46. The first kappa shape index (κ1) is 15.2. The summed E-state index contributed by atoms with van der Waals surface area (Å²) in [5, 5.41) is 7.20. The smallest absolute Gasteiger partial charge is 0.176 e. The van der Waals surface area contributed by atoms with Crippen LogP contribution >= 0.6 is 11.6 Å². The molecule has 0 bridgehead atoms. The van der Waals surface area contributed by atoms with Gasteiger partial charge in [0.1, 0.15) is 29.8 Å². The molecule has 2 atom stereocenters. The number of hydrogen-bond donors (Lipinski definition) is 0. The Balaban J connectivity index is 1.90. The number of ketones is 1. The van der Waals surface area contributed by atoms with Gasteiger partial charge >= 0.3 is 0 Å². The summed E-state index contributed by atoms with van der Waals surface area (Å²) in [7, 11) is 0. The molecule has 122 valence electrons. The van der Waals surface area contributed by atoms with Crippen LogP contribution in [-0.4, -0.2) is 24.1 Å². The van der Waals surface area contributed by atoms with Crippen molar-refractivity contribution in [3.05, 3.63) is 59.1 Å². The normalized spacial score (nSPS) is 24.7. The van der Waals surface area contributed by atoms with Gasteiger partial charge in [0.05, 0.1) is 5.41 Å². The number of fused-ring (bicyclic) bond motifs is 3. The third-order valence-corrected chi connectivity index (χ3v) is 5.17. The lowest BCUT2D eigenvalue weighted by molar-refractivity contribution is -0.111. The maximum Gasteiger partial charge on any atom is 0.176 e. The summed E-state index contributed by atoms with van der Waals surface area (Å²) in [5.41, 5.74) is 1.88. The van der Waals surface area contributed by atoms with Crippen LogP contribution in [0.3, 0.4) is 0 Å². The van der Waals surface area contributed by atoms with Crippen LogP contribution in [0.5, 0.6) is 5.75 Å². The molecule has 2 heterocycles. The molecule has 2 aromatic rings. The van der Waals surface area contributed by atoms with Gasteiger partial charge in [-0.3, -0.25) is 9.80 Å². The number of anilines is 1. The maximum atomic E-state index is 12.3. The van der Waals surface area contributed by atoms with Gasteiger partial charge in [-0.1, -0.05) is 41.9 Å². The first-order valence-electron chi connectivity index (χ1n) is 7.89. The number of rotatable bonds is 2. The second kappa shape index (κ2) is 5.35. The van der Waals surface area contributed by atoms with Gasteiger partial charge in [0.15, 0.2) is 5.78 Å². The number of hydrazone groups is 1. The van der Waals surface area contributed by atoms with Crippen molar-refractivity contribution in [2.24, 2.45) is 5.10 Å². The number of halogens is 1. The summed E-state index contributed by atoms with van der Waals surface area (Å²) in [4.78, 5) is 12.3. The second-order valence-electron chi connectivity index (χ2n) is 6.36. The van der Waals surface area contributed by atoms with Gasteiger partial charge in [-0.25, -0.2) is 0 Å². The first-order valence-corrected chi connectivity index (χ1v) is 8.26. The first-order chi connectivity index (χ1) is 11.5. The largest absolute Gasteiger partial charge is 0.489 e. The van der Waals surface area contributed by atoms with Crippen LogP contribution in [0.1, 0.15) is 19.4 Å². The van der Waals surface area contributed by atoms with Crippen LogP contribution in [0.4, 0.5) is 5.69 Å². The zero-order valence-electron chi connectivity index (χ0n) is 13.5. The summed E-state index contributed by atoms with van der Waals surface area (Å²) in [6, 6.07) is 15.4. The van der Waals surface area contributed by atoms with Crippen molar-refractivity contribution in [1.29, 1.82) is 0 Å². The van der Waals surface area contributed by atoms with Crippen LogP contribution in [0.2, 0.25) is 5.02 Å². The number of ether oxygens (including phenoxy) is 1. The second-order valence-corrected chi connectivity index (χ2v) is 6.79. The van der Waals surface area contributed by atoms with E-state index in [1.54, 1.807) is 13.0 Å². The average molecular weight is 341 g/mol. The Morgan fingerprint density at radius 2 is 2.04 bits per heavy atom. The average Bonchev–Trinajstić information content (AvgIpc) is 2.90. The fourth-order valence-electron chi connectivity index (χ4n) is 3.65. The van der Waals surface area contributed by atoms with Gasteiger partial charge in [0, 0.05) is 11.9 Å². The van der Waals surface area contributed by atoms with E-state index in [1.807, 2.05) is 47.5 Å². The zero-order valence-corrected chi connectivity index (χ0v) is 14.2. The van der Waals surface area contributed by atoms with Gasteiger partial charge in [-0.15, -0.1) is 0 Å². The molecule has 2 aliphatic rings. The molecular weight excluding hydrogens is 324 g/mol. The van der Waals surface area contributed by atoms with E-state index >= 15 is 0 Å². The Hall–Kier alpha value is -2.33. The highest BCUT2D eigenvalue weighted by atomic mass is 35.5. The highest BCUT2D eigenvalue weighted by molar-refractivity contribution is 6.43. The van der Waals surface area contributed by atoms with Crippen LogP contribution in [0.25, 0.3) is 0 Å². The standard InChI is InChI=1S/C19H17ClN2O2/c1-12(23)18-19(2,13-6-4-3-5-7-13)17-11-24-16-9-8-14(20)10-15(16)22(17)21-18/h3-10,17H,11H2,1-2H3/t17?,19-/m1/s1. The third-order valence-electron chi connectivity index (χ3n) is 4.93. The van der Waals surface area contributed by atoms with Crippen LogP contribution < -0.4 is 9.75 Å². The summed E-state index contributed by atoms with van der Waals surface area (Å²) in [6.45, 7) is 4.09. The molecule has 0 aliphatic carbocycles. The van der Waals surface area contributed by atoms with Gasteiger partial charge in [-0.2, -0.15) is 5.10 Å². The molecule has 2 aromatic carbocycles. The van der Waals surface area contributed by atoms with E-state index in [9.17, 15) is 4.79 Å². The molecule has 24 heavy (non-hydrogen) atoms. The summed E-state index contributed by atoms with van der Waals surface area (Å²) in [6.07, 6.45) is 0. The van der Waals surface area contributed by atoms with Crippen LogP contribution in [0.15, 0.2) is 53.6 Å². The van der Waals surface area contributed by atoms with Crippen LogP contribution in [0, 0.1) is 0 Å². The van der Waals surface area contributed by atoms with Crippen molar-refractivity contribution >= 4 is 28.8 Å². The number of benzene rings is 2. The van der Waals surface area contributed by atoms with Crippen molar-refractivity contribution in [2.75, 3.05) is 11.6 Å². The van der Waals surface area contributed by atoms with E-state index in [4.69, 9.17) is 16.3 Å². The molecule has 0 amide bonds. The van der Waals surface area contributed by atoms with Crippen molar-refractivity contribution in [3.63, 3.8) is 0 Å². The number of nitrogens with zero attached hydrogens (tertiary/aromatic N) is 2. The minimum Gasteiger partial charge on any atom is -0.489 e. The van der Waals surface area contributed by atoms with Gasteiger partial charge < -0.3 is 4.74 Å². The molecule has 0 spiro atoms. The lowest BCUT2D eigenvalue weighted by atomic mass is 9.71. The van der Waals surface area contributed by atoms with E-state index in [-0.39, 0.29) is 11.8 Å². The number of carbonyl (C=O) groups is 1. The molecule has 0 aromatic heterocycles. The molecule has 0 fully saturated rings. The molecule has 4 rings (SSSR count). The van der Waals surface area contributed by atoms with E-state index < -0.39 is 5.41 Å². The molecular formula is C19H17ClN2O2. The van der Waals surface area contributed by atoms with Gasteiger partial charge in [0.25, 0.3) is 0 Å². The Labute approximate surface area is 145 Å². The lowest BCUT2D eigenvalue weighted by Gasteiger charge is -2.39. The molecule has 5 heteroatoms. The van der Waals surface area contributed by atoms with Crippen molar-refractivity contribution in [3.8, 4) is 5.75 Å². The SMILES string of the molecule is CC(=O)C1=NN2c3cc(Cl)ccc3OCC2[C@@]1(C)c1ccccc1. The Morgan fingerprint density at radius 1 is 1.29 bits per heavy atom. The molecule has 0 N–H and O–H groups in total. The number of Topliss-reactive ketones (excluding diaryl/α,β-unsaturated/α-hetero) is 1. The predicted molar refractivity (Wildman–Crippen MR) is 95.1 cm³/mol. The van der Waals surface area contributed by atoms with Crippen molar-refractivity contribution in [2.45, 2.75) is 25.3 Å². The minimum absolute atomic E-state index is 0.0284. The van der Waals surface area contributed by atoms with Crippen molar-refractivity contribution in [1.82, 2.24) is 0 Å². The molecule has 4 nitrogen and oxygen atoms in total. The summed E-state index contributed by atoms with van der Waals surface area (Å²) < 4.78 is 5.95. The highest BCUT2D eigenvalue weighted by Gasteiger charge is 2.53. The Bertz CT molecular complexity index is 850. The van der Waals surface area contributed by atoms with Crippen LogP contribution in [-0.2, 0) is 10.2 Å². The number of carbonyl (C=O) groups excluding carboxylic acids is 1.